The van der Waals surface area contributed by atoms with Gasteiger partial charge in [0, 0.05) is 0 Å². The van der Waals surface area contributed by atoms with Crippen LogP contribution in [0.25, 0.3) is 0 Å². The van der Waals surface area contributed by atoms with Gasteiger partial charge in [-0.1, -0.05) is 18.2 Å². The molecule has 3 heteroatoms. The molecule has 0 aliphatic heterocycles. The summed E-state index contributed by atoms with van der Waals surface area (Å²) in [5.41, 5.74) is 0. The number of hydrogen-bond donors (Lipinski definition) is 0. The van der Waals surface area contributed by atoms with E-state index < -0.39 is 5.92 Å². The van der Waals surface area contributed by atoms with E-state index in [9.17, 15) is 9.59 Å². The van der Waals surface area contributed by atoms with Crippen molar-refractivity contribution in [2.24, 2.45) is 5.92 Å². The van der Waals surface area contributed by atoms with Crippen LogP contribution in [-0.2, 0) is 9.59 Å². The summed E-state index contributed by atoms with van der Waals surface area (Å²) in [7, 11) is 3.62. The van der Waals surface area contributed by atoms with E-state index in [-0.39, 0.29) is 11.6 Å². The van der Waals surface area contributed by atoms with Gasteiger partial charge < -0.3 is 4.90 Å². The molecule has 13 heavy (non-hydrogen) atoms. The van der Waals surface area contributed by atoms with Crippen LogP contribution >= 0.6 is 0 Å². The molecule has 1 atom stereocenters. The molecule has 0 N–H and O–H groups in total. The van der Waals surface area contributed by atoms with E-state index in [1.54, 1.807) is 23.1 Å². The van der Waals surface area contributed by atoms with Gasteiger partial charge in [-0.3, -0.25) is 9.59 Å². The van der Waals surface area contributed by atoms with Crippen molar-refractivity contribution in [2.75, 3.05) is 20.6 Å². The quantitative estimate of drug-likeness (QED) is 0.589. The first kappa shape index (κ1) is 9.86. The Morgan fingerprint density at radius 1 is 1.46 bits per heavy atom. The van der Waals surface area contributed by atoms with E-state index in [1.165, 1.54) is 6.08 Å². The average Bonchev–Trinajstić information content (AvgIpc) is 2.03. The van der Waals surface area contributed by atoms with Crippen molar-refractivity contribution < 1.29 is 9.59 Å². The first-order chi connectivity index (χ1) is 6.11. The molecule has 0 radical (unpaired) electrons. The molecule has 70 valence electrons. The van der Waals surface area contributed by atoms with Crippen LogP contribution in [0.4, 0.5) is 0 Å². The van der Waals surface area contributed by atoms with Crippen LogP contribution in [-0.4, -0.2) is 37.1 Å². The minimum Gasteiger partial charge on any atom is -0.302 e. The fourth-order valence-electron chi connectivity index (χ4n) is 1.20. The Kier molecular flexibility index (Phi) is 3.14. The van der Waals surface area contributed by atoms with Gasteiger partial charge in [-0.05, 0) is 20.2 Å². The summed E-state index contributed by atoms with van der Waals surface area (Å²) in [6, 6.07) is 0. The predicted molar refractivity (Wildman–Crippen MR) is 50.3 cm³/mol. The molecule has 0 spiro atoms. The van der Waals surface area contributed by atoms with Gasteiger partial charge in [0.05, 0.1) is 6.54 Å². The van der Waals surface area contributed by atoms with Gasteiger partial charge in [0.1, 0.15) is 5.92 Å². The lowest BCUT2D eigenvalue weighted by molar-refractivity contribution is -0.128. The maximum atomic E-state index is 11.5. The zero-order valence-electron chi connectivity index (χ0n) is 7.86. The van der Waals surface area contributed by atoms with E-state index >= 15 is 0 Å². The minimum absolute atomic E-state index is 0.0457. The molecule has 0 saturated carbocycles. The molecule has 1 rings (SSSR count). The third-order valence-corrected chi connectivity index (χ3v) is 1.80. The molecule has 1 aliphatic carbocycles. The zero-order chi connectivity index (χ0) is 9.84. The predicted octanol–water partition coefficient (Wildman–Crippen LogP) is 0.428. The Labute approximate surface area is 77.7 Å². The molecule has 0 aromatic rings. The highest BCUT2D eigenvalue weighted by atomic mass is 16.2. The van der Waals surface area contributed by atoms with Crippen molar-refractivity contribution in [1.29, 1.82) is 0 Å². The second kappa shape index (κ2) is 4.14. The Morgan fingerprint density at radius 3 is 2.69 bits per heavy atom. The highest BCUT2D eigenvalue weighted by molar-refractivity contribution is 6.10. The largest absolute Gasteiger partial charge is 0.302 e. The number of likely N-dealkylation sites (N-methyl/N-ethyl adjacent to an activating group) is 1. The molecule has 1 aliphatic rings. The number of hydrogen-bond acceptors (Lipinski definition) is 3. The van der Waals surface area contributed by atoms with E-state index in [4.69, 9.17) is 0 Å². The maximum absolute atomic E-state index is 11.5. The molecule has 0 saturated heterocycles. The maximum Gasteiger partial charge on any atom is 0.169 e. The van der Waals surface area contributed by atoms with Gasteiger partial charge in [0.2, 0.25) is 0 Å². The highest BCUT2D eigenvalue weighted by Crippen LogP contribution is 2.09. The Hall–Kier alpha value is -1.22. The third-order valence-electron chi connectivity index (χ3n) is 1.80. The van der Waals surface area contributed by atoms with Gasteiger partial charge in [-0.2, -0.15) is 0 Å². The summed E-state index contributed by atoms with van der Waals surface area (Å²) in [6.07, 6.45) is 6.48. The number of Topliss-reactive ketones (excluding diaryl/α,β-unsaturated/α-hetero) is 1. The summed E-state index contributed by atoms with van der Waals surface area (Å²) in [5.74, 6) is -0.725. The first-order valence-electron chi connectivity index (χ1n) is 4.17. The fraction of sp³-hybridized carbons (Fsp3) is 0.400. The zero-order valence-corrected chi connectivity index (χ0v) is 7.86. The Morgan fingerprint density at radius 2 is 2.15 bits per heavy atom. The lowest BCUT2D eigenvalue weighted by atomic mass is 9.95. The lowest BCUT2D eigenvalue weighted by Crippen LogP contribution is -2.31. The second-order valence-electron chi connectivity index (χ2n) is 3.33. The number of ketones is 2. The lowest BCUT2D eigenvalue weighted by Gasteiger charge is -2.13. The third kappa shape index (κ3) is 2.63. The van der Waals surface area contributed by atoms with Crippen molar-refractivity contribution in [3.63, 3.8) is 0 Å². The summed E-state index contributed by atoms with van der Waals surface area (Å²) in [4.78, 5) is 24.5. The number of nitrogens with zero attached hydrogens (tertiary/aromatic N) is 1. The normalized spacial score (nSPS) is 21.2. The number of carbonyl (C=O) groups excluding carboxylic acids is 2. The highest BCUT2D eigenvalue weighted by Gasteiger charge is 2.22. The van der Waals surface area contributed by atoms with Crippen molar-refractivity contribution in [3.8, 4) is 0 Å². The summed E-state index contributed by atoms with van der Waals surface area (Å²) >= 11 is 0. The van der Waals surface area contributed by atoms with Crippen LogP contribution in [0, 0.1) is 5.92 Å². The smallest absolute Gasteiger partial charge is 0.169 e. The summed E-state index contributed by atoms with van der Waals surface area (Å²) < 4.78 is 0. The fourth-order valence-corrected chi connectivity index (χ4v) is 1.20. The van der Waals surface area contributed by atoms with Gasteiger partial charge in [-0.15, -0.1) is 0 Å². The van der Waals surface area contributed by atoms with Gasteiger partial charge in [0.25, 0.3) is 0 Å². The molecular formula is C10H13NO2. The standard InChI is InChI=1S/C10H13NO2/c1-11(2)7-10(13)8-5-3-4-6-9(8)12/h3-6,8H,7H2,1-2H3. The van der Waals surface area contributed by atoms with E-state index in [0.29, 0.717) is 6.54 Å². The van der Waals surface area contributed by atoms with Crippen molar-refractivity contribution >= 4 is 11.6 Å². The van der Waals surface area contributed by atoms with Gasteiger partial charge in [0.15, 0.2) is 11.6 Å². The van der Waals surface area contributed by atoms with E-state index in [2.05, 4.69) is 0 Å². The topological polar surface area (TPSA) is 37.4 Å². The molecule has 0 heterocycles. The SMILES string of the molecule is CN(C)CC(=O)C1C=CC=CC1=O. The summed E-state index contributed by atoms with van der Waals surface area (Å²) in [6.45, 7) is 0.314. The van der Waals surface area contributed by atoms with E-state index in [1.807, 2.05) is 14.1 Å². The molecule has 0 bridgehead atoms. The molecule has 0 amide bonds. The number of rotatable bonds is 3. The minimum atomic E-state index is -0.563. The van der Waals surface area contributed by atoms with Crippen LogP contribution < -0.4 is 0 Å². The van der Waals surface area contributed by atoms with Crippen molar-refractivity contribution in [2.45, 2.75) is 0 Å². The number of allylic oxidation sites excluding steroid dienone is 4. The molecule has 1 unspecified atom stereocenters. The van der Waals surface area contributed by atoms with Gasteiger partial charge in [-0.25, -0.2) is 0 Å². The van der Waals surface area contributed by atoms with Crippen molar-refractivity contribution in [3.05, 3.63) is 24.3 Å². The molecule has 3 nitrogen and oxygen atoms in total. The van der Waals surface area contributed by atoms with Crippen LogP contribution in [0.3, 0.4) is 0 Å². The molecular weight excluding hydrogens is 166 g/mol. The van der Waals surface area contributed by atoms with Crippen molar-refractivity contribution in [1.82, 2.24) is 4.90 Å². The van der Waals surface area contributed by atoms with Crippen LogP contribution in [0.15, 0.2) is 24.3 Å². The number of carbonyl (C=O) groups is 2. The van der Waals surface area contributed by atoms with Crippen LogP contribution in [0.1, 0.15) is 0 Å². The molecule has 0 aromatic heterocycles. The van der Waals surface area contributed by atoms with Crippen LogP contribution in [0.2, 0.25) is 0 Å². The second-order valence-corrected chi connectivity index (χ2v) is 3.33. The molecule has 0 fully saturated rings. The monoisotopic (exact) mass is 179 g/mol. The first-order valence-corrected chi connectivity index (χ1v) is 4.17. The average molecular weight is 179 g/mol. The van der Waals surface area contributed by atoms with Gasteiger partial charge >= 0.3 is 0 Å². The Balaban J connectivity index is 2.62. The summed E-state index contributed by atoms with van der Waals surface area (Å²) in [5, 5.41) is 0. The van der Waals surface area contributed by atoms with E-state index in [0.717, 1.165) is 0 Å². The molecule has 0 aromatic carbocycles. The van der Waals surface area contributed by atoms with Crippen LogP contribution in [0.5, 0.6) is 0 Å². The Bertz CT molecular complexity index is 277.